The van der Waals surface area contributed by atoms with Gasteiger partial charge in [0.2, 0.25) is 0 Å². The molecule has 2 atom stereocenters. The molecule has 1 fully saturated rings. The van der Waals surface area contributed by atoms with E-state index in [4.69, 9.17) is 5.11 Å². The van der Waals surface area contributed by atoms with Crippen LogP contribution in [0.4, 0.5) is 0 Å². The zero-order valence-electron chi connectivity index (χ0n) is 8.30. The molecule has 0 aliphatic heterocycles. The van der Waals surface area contributed by atoms with Gasteiger partial charge in [-0.25, -0.2) is 0 Å². The third-order valence-electron chi connectivity index (χ3n) is 2.74. The van der Waals surface area contributed by atoms with E-state index in [-0.39, 0.29) is 0 Å². The van der Waals surface area contributed by atoms with Gasteiger partial charge in [0.1, 0.15) is 0 Å². The Kier molecular flexibility index (Phi) is 4.73. The average Bonchev–Trinajstić information content (AvgIpc) is 2.15. The molecule has 2 heteroatoms. The summed E-state index contributed by atoms with van der Waals surface area (Å²) in [5, 5.41) is 9.12. The van der Waals surface area contributed by atoms with Crippen LogP contribution < -0.4 is 0 Å². The van der Waals surface area contributed by atoms with Gasteiger partial charge < -0.3 is 5.11 Å². The fourth-order valence-corrected chi connectivity index (χ4v) is 3.26. The molecule has 1 nitrogen and oxygen atoms in total. The maximum Gasteiger partial charge on any atom is 0.0459 e. The standard InChI is InChI=1S/C11H19IO/c1-2-3-6-11(12)7-4-5-10(8-11)9-13/h3,6,10,13H,2,4-5,7-9H2,1H3/b6-3-. The first kappa shape index (κ1) is 11.5. The van der Waals surface area contributed by atoms with Gasteiger partial charge in [-0.1, -0.05) is 48.1 Å². The van der Waals surface area contributed by atoms with Crippen LogP contribution in [0.1, 0.15) is 39.0 Å². The molecule has 0 saturated heterocycles. The van der Waals surface area contributed by atoms with E-state index in [1.165, 1.54) is 19.3 Å². The molecule has 1 aliphatic rings. The van der Waals surface area contributed by atoms with Crippen LogP contribution in [0.5, 0.6) is 0 Å². The summed E-state index contributed by atoms with van der Waals surface area (Å²) < 4.78 is 0.333. The molecule has 76 valence electrons. The number of hydrogen-bond acceptors (Lipinski definition) is 1. The Labute approximate surface area is 94.7 Å². The van der Waals surface area contributed by atoms with Crippen molar-refractivity contribution in [2.75, 3.05) is 6.61 Å². The van der Waals surface area contributed by atoms with Crippen LogP contribution in [0.3, 0.4) is 0 Å². The van der Waals surface area contributed by atoms with E-state index in [2.05, 4.69) is 41.7 Å². The Bertz CT molecular complexity index is 179. The van der Waals surface area contributed by atoms with Crippen molar-refractivity contribution in [3.05, 3.63) is 12.2 Å². The van der Waals surface area contributed by atoms with Crippen LogP contribution in [-0.4, -0.2) is 15.1 Å². The van der Waals surface area contributed by atoms with E-state index in [1.54, 1.807) is 0 Å². The monoisotopic (exact) mass is 294 g/mol. The summed E-state index contributed by atoms with van der Waals surface area (Å²) in [4.78, 5) is 0. The first-order chi connectivity index (χ1) is 6.20. The van der Waals surface area contributed by atoms with E-state index in [0.29, 0.717) is 15.9 Å². The maximum atomic E-state index is 9.12. The lowest BCUT2D eigenvalue weighted by atomic mass is 9.81. The Morgan fingerprint density at radius 1 is 1.62 bits per heavy atom. The Morgan fingerprint density at radius 2 is 2.38 bits per heavy atom. The Hall–Kier alpha value is 0.430. The van der Waals surface area contributed by atoms with Crippen molar-refractivity contribution in [2.24, 2.45) is 5.92 Å². The number of allylic oxidation sites excluding steroid dienone is 2. The molecule has 2 unspecified atom stereocenters. The van der Waals surface area contributed by atoms with Crippen molar-refractivity contribution in [3.63, 3.8) is 0 Å². The molecule has 1 rings (SSSR count). The van der Waals surface area contributed by atoms with Gasteiger partial charge in [-0.05, 0) is 31.6 Å². The van der Waals surface area contributed by atoms with Crippen LogP contribution in [0.2, 0.25) is 0 Å². The van der Waals surface area contributed by atoms with Crippen molar-refractivity contribution in [1.82, 2.24) is 0 Å². The second-order valence-corrected chi connectivity index (χ2v) is 6.14. The number of rotatable bonds is 3. The molecule has 0 heterocycles. The highest BCUT2D eigenvalue weighted by molar-refractivity contribution is 14.1. The summed E-state index contributed by atoms with van der Waals surface area (Å²) in [7, 11) is 0. The van der Waals surface area contributed by atoms with E-state index in [9.17, 15) is 0 Å². The number of aliphatic hydroxyl groups excluding tert-OH is 1. The van der Waals surface area contributed by atoms with Gasteiger partial charge >= 0.3 is 0 Å². The summed E-state index contributed by atoms with van der Waals surface area (Å²) in [6.45, 7) is 2.54. The number of aliphatic hydroxyl groups is 1. The maximum absolute atomic E-state index is 9.12. The zero-order chi connectivity index (χ0) is 9.73. The highest BCUT2D eigenvalue weighted by Crippen LogP contribution is 2.40. The molecular weight excluding hydrogens is 275 g/mol. The summed E-state index contributed by atoms with van der Waals surface area (Å²) in [6, 6.07) is 0. The van der Waals surface area contributed by atoms with Gasteiger partial charge in [0.15, 0.2) is 0 Å². The summed E-state index contributed by atoms with van der Waals surface area (Å²) >= 11 is 2.55. The first-order valence-corrected chi connectivity index (χ1v) is 6.25. The van der Waals surface area contributed by atoms with Gasteiger partial charge in [0.05, 0.1) is 0 Å². The highest BCUT2D eigenvalue weighted by Gasteiger charge is 2.30. The molecule has 0 amide bonds. The van der Waals surface area contributed by atoms with Crippen molar-refractivity contribution in [1.29, 1.82) is 0 Å². The molecule has 13 heavy (non-hydrogen) atoms. The molecule has 0 radical (unpaired) electrons. The van der Waals surface area contributed by atoms with Gasteiger partial charge in [-0.3, -0.25) is 0 Å². The molecular formula is C11H19IO. The van der Waals surface area contributed by atoms with Crippen LogP contribution in [0.15, 0.2) is 12.2 Å². The third kappa shape index (κ3) is 3.58. The van der Waals surface area contributed by atoms with Crippen LogP contribution in [-0.2, 0) is 0 Å². The normalized spacial score (nSPS) is 35.5. The van der Waals surface area contributed by atoms with Crippen LogP contribution in [0.25, 0.3) is 0 Å². The largest absolute Gasteiger partial charge is 0.396 e. The van der Waals surface area contributed by atoms with Crippen molar-refractivity contribution in [3.8, 4) is 0 Å². The summed E-state index contributed by atoms with van der Waals surface area (Å²) in [5.74, 6) is 0.534. The predicted octanol–water partition coefficient (Wildman–Crippen LogP) is 3.31. The Balaban J connectivity index is 2.51. The summed E-state index contributed by atoms with van der Waals surface area (Å²) in [6.07, 6.45) is 10.6. The molecule has 0 bridgehead atoms. The molecule has 1 N–H and O–H groups in total. The van der Waals surface area contributed by atoms with E-state index >= 15 is 0 Å². The molecule has 0 spiro atoms. The average molecular weight is 294 g/mol. The fourth-order valence-electron chi connectivity index (χ4n) is 2.00. The van der Waals surface area contributed by atoms with E-state index in [1.807, 2.05) is 0 Å². The molecule has 0 aromatic rings. The molecule has 0 aromatic heterocycles. The highest BCUT2D eigenvalue weighted by atomic mass is 127. The van der Waals surface area contributed by atoms with Crippen molar-refractivity contribution >= 4 is 22.6 Å². The predicted molar refractivity (Wildman–Crippen MR) is 65.2 cm³/mol. The Morgan fingerprint density at radius 3 is 3.00 bits per heavy atom. The van der Waals surface area contributed by atoms with Gasteiger partial charge in [0.25, 0.3) is 0 Å². The van der Waals surface area contributed by atoms with Crippen LogP contribution >= 0.6 is 22.6 Å². The number of hydrogen-bond donors (Lipinski definition) is 1. The minimum absolute atomic E-state index is 0.333. The van der Waals surface area contributed by atoms with Gasteiger partial charge in [-0.2, -0.15) is 0 Å². The second-order valence-electron chi connectivity index (χ2n) is 3.99. The van der Waals surface area contributed by atoms with Gasteiger partial charge in [-0.15, -0.1) is 0 Å². The second kappa shape index (κ2) is 5.35. The van der Waals surface area contributed by atoms with Crippen molar-refractivity contribution in [2.45, 2.75) is 42.4 Å². The minimum atomic E-state index is 0.333. The quantitative estimate of drug-likeness (QED) is 0.481. The van der Waals surface area contributed by atoms with Gasteiger partial charge in [0, 0.05) is 10.0 Å². The lowest BCUT2D eigenvalue weighted by Crippen LogP contribution is -2.28. The van der Waals surface area contributed by atoms with E-state index in [0.717, 1.165) is 12.8 Å². The lowest BCUT2D eigenvalue weighted by Gasteiger charge is -2.33. The topological polar surface area (TPSA) is 20.2 Å². The fraction of sp³-hybridized carbons (Fsp3) is 0.818. The molecule has 1 aliphatic carbocycles. The first-order valence-electron chi connectivity index (χ1n) is 5.17. The number of alkyl halides is 1. The minimum Gasteiger partial charge on any atom is -0.396 e. The molecule has 1 saturated carbocycles. The summed E-state index contributed by atoms with van der Waals surface area (Å²) in [5.41, 5.74) is 0. The SMILES string of the molecule is CC/C=C\C1(I)CCCC(CO)C1. The smallest absolute Gasteiger partial charge is 0.0459 e. The lowest BCUT2D eigenvalue weighted by molar-refractivity contribution is 0.184. The molecule has 0 aromatic carbocycles. The van der Waals surface area contributed by atoms with Crippen LogP contribution in [0, 0.1) is 5.92 Å². The number of halogens is 1. The third-order valence-corrected chi connectivity index (χ3v) is 4.08. The zero-order valence-corrected chi connectivity index (χ0v) is 10.5. The van der Waals surface area contributed by atoms with E-state index < -0.39 is 0 Å². The van der Waals surface area contributed by atoms with Crippen molar-refractivity contribution < 1.29 is 5.11 Å².